The average Bonchev–Trinajstić information content (AvgIpc) is 2.45. The van der Waals surface area contributed by atoms with E-state index in [1.54, 1.807) is 6.07 Å². The van der Waals surface area contributed by atoms with Crippen molar-refractivity contribution in [2.75, 3.05) is 19.6 Å². The van der Waals surface area contributed by atoms with Crippen LogP contribution < -0.4 is 5.32 Å². The summed E-state index contributed by atoms with van der Waals surface area (Å²) in [4.78, 5) is 6.79. The summed E-state index contributed by atoms with van der Waals surface area (Å²) in [6.07, 6.45) is 8.45. The molecule has 3 nitrogen and oxygen atoms in total. The van der Waals surface area contributed by atoms with Gasteiger partial charge in [-0.1, -0.05) is 42.5 Å². The maximum atomic E-state index is 6.31. The molecule has 1 aliphatic carbocycles. The zero-order valence-corrected chi connectivity index (χ0v) is 13.2. The van der Waals surface area contributed by atoms with E-state index in [0.717, 1.165) is 36.8 Å². The maximum absolute atomic E-state index is 6.31. The molecule has 1 aromatic rings. The molecule has 1 aliphatic heterocycles. The Morgan fingerprint density at radius 2 is 2.05 bits per heavy atom. The molecule has 110 valence electrons. The van der Waals surface area contributed by atoms with E-state index in [2.05, 4.69) is 15.2 Å². The van der Waals surface area contributed by atoms with Crippen molar-refractivity contribution in [3.05, 3.63) is 28.0 Å². The number of hydrogen-bond donors (Lipinski definition) is 1. The first-order valence-electron chi connectivity index (χ1n) is 7.45. The minimum absolute atomic E-state index is 0.319. The lowest BCUT2D eigenvalue weighted by Crippen LogP contribution is -2.61. The molecule has 0 atom stereocenters. The monoisotopic (exact) mass is 313 g/mol. The third-order valence-electron chi connectivity index (χ3n) is 4.73. The lowest BCUT2D eigenvalue weighted by atomic mass is 9.79. The molecule has 1 saturated carbocycles. The van der Waals surface area contributed by atoms with E-state index in [-0.39, 0.29) is 0 Å². The molecule has 2 heterocycles. The van der Waals surface area contributed by atoms with Crippen LogP contribution in [0.3, 0.4) is 0 Å². The molecule has 20 heavy (non-hydrogen) atoms. The molecule has 1 N–H and O–H groups in total. The SMILES string of the molecule is Clc1cc(Cl)c(CN2CCNCC23CCCCC3)cn1. The minimum atomic E-state index is 0.319. The van der Waals surface area contributed by atoms with Crippen molar-refractivity contribution in [3.63, 3.8) is 0 Å². The smallest absolute Gasteiger partial charge is 0.130 e. The number of rotatable bonds is 2. The van der Waals surface area contributed by atoms with Crippen LogP contribution in [0.15, 0.2) is 12.3 Å². The molecule has 5 heteroatoms. The molecule has 0 radical (unpaired) electrons. The van der Waals surface area contributed by atoms with Crippen LogP contribution in [0, 0.1) is 0 Å². The molecule has 1 aromatic heterocycles. The second kappa shape index (κ2) is 6.18. The highest BCUT2D eigenvalue weighted by Gasteiger charge is 2.39. The number of halogens is 2. The van der Waals surface area contributed by atoms with Gasteiger partial charge in [0.05, 0.1) is 0 Å². The first-order chi connectivity index (χ1) is 9.70. The predicted molar refractivity (Wildman–Crippen MR) is 83.4 cm³/mol. The fraction of sp³-hybridized carbons (Fsp3) is 0.667. The van der Waals surface area contributed by atoms with Crippen molar-refractivity contribution >= 4 is 23.2 Å². The van der Waals surface area contributed by atoms with Crippen LogP contribution in [0.5, 0.6) is 0 Å². The topological polar surface area (TPSA) is 28.2 Å². The van der Waals surface area contributed by atoms with Gasteiger partial charge in [-0.15, -0.1) is 0 Å². The average molecular weight is 314 g/mol. The number of nitrogens with zero attached hydrogens (tertiary/aromatic N) is 2. The Balaban J connectivity index is 1.79. The summed E-state index contributed by atoms with van der Waals surface area (Å²) in [5.41, 5.74) is 1.40. The van der Waals surface area contributed by atoms with Crippen LogP contribution in [0.1, 0.15) is 37.7 Å². The van der Waals surface area contributed by atoms with Gasteiger partial charge in [-0.25, -0.2) is 4.98 Å². The number of aromatic nitrogens is 1. The summed E-state index contributed by atoms with van der Waals surface area (Å²) in [5, 5.41) is 4.77. The van der Waals surface area contributed by atoms with E-state index >= 15 is 0 Å². The predicted octanol–water partition coefficient (Wildman–Crippen LogP) is 3.50. The van der Waals surface area contributed by atoms with E-state index in [4.69, 9.17) is 23.2 Å². The van der Waals surface area contributed by atoms with Crippen molar-refractivity contribution in [2.24, 2.45) is 0 Å². The van der Waals surface area contributed by atoms with Gasteiger partial charge >= 0.3 is 0 Å². The quantitative estimate of drug-likeness (QED) is 0.847. The first kappa shape index (κ1) is 14.6. The molecule has 1 spiro atoms. The van der Waals surface area contributed by atoms with E-state index in [1.165, 1.54) is 32.1 Å². The van der Waals surface area contributed by atoms with Crippen LogP contribution in [0.2, 0.25) is 10.2 Å². The van der Waals surface area contributed by atoms with Gasteiger partial charge in [0.2, 0.25) is 0 Å². The molecule has 0 bridgehead atoms. The molecule has 2 fully saturated rings. The fourth-order valence-corrected chi connectivity index (χ4v) is 4.02. The Bertz CT molecular complexity index is 464. The lowest BCUT2D eigenvalue weighted by molar-refractivity contribution is 0.0208. The Morgan fingerprint density at radius 3 is 2.80 bits per heavy atom. The van der Waals surface area contributed by atoms with Crippen molar-refractivity contribution in [3.8, 4) is 0 Å². The van der Waals surface area contributed by atoms with Crippen molar-refractivity contribution in [1.82, 2.24) is 15.2 Å². The van der Waals surface area contributed by atoms with Gasteiger partial charge in [-0.2, -0.15) is 0 Å². The number of piperazine rings is 1. The molecule has 3 rings (SSSR count). The van der Waals surface area contributed by atoms with E-state index in [1.807, 2.05) is 6.20 Å². The van der Waals surface area contributed by atoms with Crippen LogP contribution in [0.4, 0.5) is 0 Å². The minimum Gasteiger partial charge on any atom is -0.314 e. The van der Waals surface area contributed by atoms with Gasteiger partial charge < -0.3 is 5.32 Å². The summed E-state index contributed by atoms with van der Waals surface area (Å²) in [5.74, 6) is 0. The molecule has 0 unspecified atom stereocenters. The van der Waals surface area contributed by atoms with Gasteiger partial charge in [0, 0.05) is 48.5 Å². The molecule has 2 aliphatic rings. The van der Waals surface area contributed by atoms with Crippen LogP contribution in [-0.4, -0.2) is 35.1 Å². The molecule has 1 saturated heterocycles. The molecular formula is C15H21Cl2N3. The molecule has 0 amide bonds. The highest BCUT2D eigenvalue weighted by atomic mass is 35.5. The molecule has 0 aromatic carbocycles. The highest BCUT2D eigenvalue weighted by molar-refractivity contribution is 6.34. The summed E-state index contributed by atoms with van der Waals surface area (Å²) in [6.45, 7) is 4.12. The second-order valence-electron chi connectivity index (χ2n) is 5.98. The van der Waals surface area contributed by atoms with Gasteiger partial charge in [-0.05, 0) is 18.9 Å². The standard InChI is InChI=1S/C15H21Cl2N3/c16-13-8-14(17)19-9-12(13)10-20-7-6-18-11-15(20)4-2-1-3-5-15/h8-9,18H,1-7,10-11H2. The summed E-state index contributed by atoms with van der Waals surface area (Å²) < 4.78 is 0. The number of nitrogens with one attached hydrogen (secondary N) is 1. The number of hydrogen-bond acceptors (Lipinski definition) is 3. The van der Waals surface area contributed by atoms with Gasteiger partial charge in [0.25, 0.3) is 0 Å². The summed E-state index contributed by atoms with van der Waals surface area (Å²) in [7, 11) is 0. The summed E-state index contributed by atoms with van der Waals surface area (Å²) in [6, 6.07) is 1.74. The summed E-state index contributed by atoms with van der Waals surface area (Å²) >= 11 is 12.2. The Labute approximate surface area is 130 Å². The van der Waals surface area contributed by atoms with Crippen molar-refractivity contribution in [1.29, 1.82) is 0 Å². The Morgan fingerprint density at radius 1 is 1.25 bits per heavy atom. The van der Waals surface area contributed by atoms with E-state index < -0.39 is 0 Å². The van der Waals surface area contributed by atoms with Gasteiger partial charge in [0.15, 0.2) is 0 Å². The zero-order valence-electron chi connectivity index (χ0n) is 11.7. The fourth-order valence-electron chi connectivity index (χ4n) is 3.59. The normalized spacial score (nSPS) is 23.1. The van der Waals surface area contributed by atoms with Crippen molar-refractivity contribution < 1.29 is 0 Å². The lowest BCUT2D eigenvalue weighted by Gasteiger charge is -2.50. The Kier molecular flexibility index (Phi) is 4.51. The Hall–Kier alpha value is -0.350. The largest absolute Gasteiger partial charge is 0.314 e. The van der Waals surface area contributed by atoms with Gasteiger partial charge in [-0.3, -0.25) is 4.90 Å². The van der Waals surface area contributed by atoms with Crippen LogP contribution in [0.25, 0.3) is 0 Å². The van der Waals surface area contributed by atoms with E-state index in [0.29, 0.717) is 10.7 Å². The number of pyridine rings is 1. The first-order valence-corrected chi connectivity index (χ1v) is 8.21. The highest BCUT2D eigenvalue weighted by Crippen LogP contribution is 2.36. The van der Waals surface area contributed by atoms with E-state index in [9.17, 15) is 0 Å². The third-order valence-corrected chi connectivity index (χ3v) is 5.28. The zero-order chi connectivity index (χ0) is 14.0. The third kappa shape index (κ3) is 2.96. The van der Waals surface area contributed by atoms with Crippen LogP contribution in [-0.2, 0) is 6.54 Å². The maximum Gasteiger partial charge on any atom is 0.130 e. The van der Waals surface area contributed by atoms with Crippen molar-refractivity contribution in [2.45, 2.75) is 44.2 Å². The van der Waals surface area contributed by atoms with Crippen LogP contribution >= 0.6 is 23.2 Å². The second-order valence-corrected chi connectivity index (χ2v) is 6.78. The molecular weight excluding hydrogens is 293 g/mol. The van der Waals surface area contributed by atoms with Gasteiger partial charge in [0.1, 0.15) is 5.15 Å².